The predicted octanol–water partition coefficient (Wildman–Crippen LogP) is 3.34. The van der Waals surface area contributed by atoms with Crippen molar-refractivity contribution in [2.24, 2.45) is 5.73 Å². The molecule has 0 spiro atoms. The Labute approximate surface area is 154 Å². The van der Waals surface area contributed by atoms with Gasteiger partial charge in [-0.1, -0.05) is 45.0 Å². The molecule has 4 nitrogen and oxygen atoms in total. The molecule has 0 aliphatic carbocycles. The lowest BCUT2D eigenvalue weighted by Gasteiger charge is -2.25. The molecule has 1 amide bonds. The highest BCUT2D eigenvalue weighted by atomic mass is 35.5. The van der Waals surface area contributed by atoms with Gasteiger partial charge in [0.1, 0.15) is 5.69 Å². The van der Waals surface area contributed by atoms with Crippen molar-refractivity contribution in [2.75, 3.05) is 13.1 Å². The van der Waals surface area contributed by atoms with Crippen molar-refractivity contribution in [3.05, 3.63) is 51.5 Å². The summed E-state index contributed by atoms with van der Waals surface area (Å²) < 4.78 is 0. The van der Waals surface area contributed by atoms with Gasteiger partial charge >= 0.3 is 0 Å². The van der Waals surface area contributed by atoms with Crippen LogP contribution in [0, 0.1) is 0 Å². The van der Waals surface area contributed by atoms with Gasteiger partial charge in [-0.25, -0.2) is 4.98 Å². The van der Waals surface area contributed by atoms with Gasteiger partial charge in [0.15, 0.2) is 0 Å². The zero-order valence-corrected chi connectivity index (χ0v) is 16.1. The molecular formula is C18H26ClN3OS. The molecule has 2 rings (SSSR count). The topological polar surface area (TPSA) is 68.0 Å². The molecule has 2 aromatic rings. The van der Waals surface area contributed by atoms with Crippen molar-refractivity contribution < 1.29 is 4.79 Å². The normalized spacial score (nSPS) is 11.0. The van der Waals surface area contributed by atoms with Gasteiger partial charge < -0.3 is 11.1 Å². The molecule has 0 saturated heterocycles. The zero-order chi connectivity index (χ0) is 16.9. The van der Waals surface area contributed by atoms with Gasteiger partial charge in [0, 0.05) is 23.8 Å². The Morgan fingerprint density at radius 1 is 1.29 bits per heavy atom. The van der Waals surface area contributed by atoms with E-state index < -0.39 is 0 Å². The first kappa shape index (κ1) is 20.6. The molecule has 0 aliphatic heterocycles. The fourth-order valence-electron chi connectivity index (χ4n) is 2.34. The lowest BCUT2D eigenvalue weighted by Crippen LogP contribution is -2.36. The molecule has 0 bridgehead atoms. The van der Waals surface area contributed by atoms with E-state index in [-0.39, 0.29) is 23.7 Å². The van der Waals surface area contributed by atoms with Crippen LogP contribution in [-0.2, 0) is 18.3 Å². The number of thiazole rings is 1. The van der Waals surface area contributed by atoms with Gasteiger partial charge in [-0.2, -0.15) is 0 Å². The predicted molar refractivity (Wildman–Crippen MR) is 103 cm³/mol. The van der Waals surface area contributed by atoms with E-state index in [0.29, 0.717) is 25.2 Å². The van der Waals surface area contributed by atoms with E-state index in [2.05, 4.69) is 55.3 Å². The molecular weight excluding hydrogens is 342 g/mol. The second kappa shape index (κ2) is 9.16. The summed E-state index contributed by atoms with van der Waals surface area (Å²) in [5, 5.41) is 5.70. The average molecular weight is 368 g/mol. The molecule has 0 saturated carbocycles. The molecule has 132 valence electrons. The van der Waals surface area contributed by atoms with Crippen LogP contribution >= 0.6 is 23.7 Å². The third kappa shape index (κ3) is 5.30. The minimum Gasteiger partial charge on any atom is -0.350 e. The maximum absolute atomic E-state index is 12.2. The number of hydrogen-bond acceptors (Lipinski definition) is 4. The van der Waals surface area contributed by atoms with Crippen molar-refractivity contribution in [1.29, 1.82) is 0 Å². The number of nitrogens with zero attached hydrogens (tertiary/aromatic N) is 1. The minimum atomic E-state index is -0.127. The van der Waals surface area contributed by atoms with E-state index in [0.717, 1.165) is 11.4 Å². The molecule has 1 aromatic heterocycles. The van der Waals surface area contributed by atoms with Crippen LogP contribution in [0.3, 0.4) is 0 Å². The number of nitrogens with one attached hydrogen (secondary N) is 1. The number of halogens is 1. The fraction of sp³-hybridized carbons (Fsp3) is 0.444. The number of aryl methyl sites for hydroxylation is 1. The maximum atomic E-state index is 12.2. The van der Waals surface area contributed by atoms with Crippen LogP contribution in [-0.4, -0.2) is 24.0 Å². The summed E-state index contributed by atoms with van der Waals surface area (Å²) in [6, 6.07) is 8.59. The third-order valence-corrected chi connectivity index (χ3v) is 4.89. The zero-order valence-electron chi connectivity index (χ0n) is 14.5. The van der Waals surface area contributed by atoms with Crippen LogP contribution in [0.4, 0.5) is 0 Å². The summed E-state index contributed by atoms with van der Waals surface area (Å²) in [6.45, 7) is 7.54. The smallest absolute Gasteiger partial charge is 0.270 e. The number of carbonyl (C=O) groups is 1. The number of aromatic nitrogens is 1. The van der Waals surface area contributed by atoms with Crippen LogP contribution in [0.15, 0.2) is 29.6 Å². The van der Waals surface area contributed by atoms with E-state index in [4.69, 9.17) is 5.73 Å². The first-order valence-electron chi connectivity index (χ1n) is 7.98. The minimum absolute atomic E-state index is 0. The van der Waals surface area contributed by atoms with Crippen molar-refractivity contribution in [2.45, 2.75) is 39.0 Å². The van der Waals surface area contributed by atoms with Crippen molar-refractivity contribution in [3.63, 3.8) is 0 Å². The lowest BCUT2D eigenvalue weighted by molar-refractivity contribution is 0.0941. The summed E-state index contributed by atoms with van der Waals surface area (Å²) in [7, 11) is 0. The van der Waals surface area contributed by atoms with Gasteiger partial charge in [0.05, 0.1) is 5.01 Å². The van der Waals surface area contributed by atoms with Gasteiger partial charge in [-0.15, -0.1) is 23.7 Å². The van der Waals surface area contributed by atoms with Crippen molar-refractivity contribution in [3.8, 4) is 0 Å². The number of benzene rings is 1. The van der Waals surface area contributed by atoms with Gasteiger partial charge in [-0.05, 0) is 24.1 Å². The Bertz CT molecular complexity index is 653. The molecule has 0 fully saturated rings. The van der Waals surface area contributed by atoms with Crippen LogP contribution < -0.4 is 11.1 Å². The molecule has 6 heteroatoms. The molecule has 1 aromatic carbocycles. The van der Waals surface area contributed by atoms with E-state index in [1.165, 1.54) is 22.5 Å². The molecule has 3 N–H and O–H groups in total. The van der Waals surface area contributed by atoms with E-state index in [1.54, 1.807) is 5.38 Å². The highest BCUT2D eigenvalue weighted by molar-refractivity contribution is 7.09. The summed E-state index contributed by atoms with van der Waals surface area (Å²) in [5.41, 5.74) is 8.41. The second-order valence-electron chi connectivity index (χ2n) is 6.28. The quantitative estimate of drug-likeness (QED) is 0.788. The summed E-state index contributed by atoms with van der Waals surface area (Å²) >= 11 is 1.48. The molecule has 0 atom stereocenters. The Hall–Kier alpha value is -1.43. The number of rotatable bonds is 7. The van der Waals surface area contributed by atoms with Crippen LogP contribution in [0.25, 0.3) is 0 Å². The molecule has 1 heterocycles. The number of amides is 1. The number of hydrogen-bond donors (Lipinski definition) is 2. The molecule has 24 heavy (non-hydrogen) atoms. The SMILES string of the molecule is CCc1ccc(C(C)(C)CNC(=O)c2csc(CCN)n2)cc1.Cl. The summed E-state index contributed by atoms with van der Waals surface area (Å²) in [4.78, 5) is 16.6. The van der Waals surface area contributed by atoms with Gasteiger partial charge in [-0.3, -0.25) is 4.79 Å². The number of carbonyl (C=O) groups excluding carboxylic acids is 1. The monoisotopic (exact) mass is 367 g/mol. The van der Waals surface area contributed by atoms with Gasteiger partial charge in [0.25, 0.3) is 5.91 Å². The van der Waals surface area contributed by atoms with E-state index >= 15 is 0 Å². The largest absolute Gasteiger partial charge is 0.350 e. The van der Waals surface area contributed by atoms with Crippen molar-refractivity contribution in [1.82, 2.24) is 10.3 Å². The second-order valence-corrected chi connectivity index (χ2v) is 7.22. The first-order chi connectivity index (χ1) is 11.0. The third-order valence-electron chi connectivity index (χ3n) is 3.98. The first-order valence-corrected chi connectivity index (χ1v) is 8.86. The number of nitrogens with two attached hydrogens (primary N) is 1. The summed E-state index contributed by atoms with van der Waals surface area (Å²) in [5.74, 6) is -0.122. The Morgan fingerprint density at radius 2 is 1.96 bits per heavy atom. The standard InChI is InChI=1S/C18H25N3OS.ClH/c1-4-13-5-7-14(8-6-13)18(2,3)12-20-17(22)15-11-23-16(21-15)9-10-19;/h5-8,11H,4,9-10,12,19H2,1-3H3,(H,20,22);1H. The lowest BCUT2D eigenvalue weighted by atomic mass is 9.84. The maximum Gasteiger partial charge on any atom is 0.270 e. The highest BCUT2D eigenvalue weighted by Gasteiger charge is 2.22. The molecule has 0 unspecified atom stereocenters. The highest BCUT2D eigenvalue weighted by Crippen LogP contribution is 2.23. The van der Waals surface area contributed by atoms with Crippen LogP contribution in [0.2, 0.25) is 0 Å². The van der Waals surface area contributed by atoms with Crippen LogP contribution in [0.5, 0.6) is 0 Å². The molecule has 0 radical (unpaired) electrons. The van der Waals surface area contributed by atoms with Crippen LogP contribution in [0.1, 0.15) is 47.4 Å². The molecule has 0 aliphatic rings. The fourth-order valence-corrected chi connectivity index (χ4v) is 3.13. The summed E-state index contributed by atoms with van der Waals surface area (Å²) in [6.07, 6.45) is 1.75. The van der Waals surface area contributed by atoms with Crippen molar-refractivity contribution >= 4 is 29.7 Å². The Kier molecular flexibility index (Phi) is 7.87. The van der Waals surface area contributed by atoms with Gasteiger partial charge in [0.2, 0.25) is 0 Å². The Balaban J connectivity index is 0.00000288. The Morgan fingerprint density at radius 3 is 2.54 bits per heavy atom. The average Bonchev–Trinajstić information content (AvgIpc) is 3.02. The van der Waals surface area contributed by atoms with E-state index in [1.807, 2.05) is 0 Å². The van der Waals surface area contributed by atoms with E-state index in [9.17, 15) is 4.79 Å².